The predicted molar refractivity (Wildman–Crippen MR) is 98.8 cm³/mol. The predicted octanol–water partition coefficient (Wildman–Crippen LogP) is 5.49. The molecule has 1 heterocycles. The molecule has 4 nitrogen and oxygen atoms in total. The summed E-state index contributed by atoms with van der Waals surface area (Å²) in [6.07, 6.45) is -0.244. The fourth-order valence-corrected chi connectivity index (χ4v) is 3.62. The maximum atomic E-state index is 12.5. The number of thiophene rings is 1. The van der Waals surface area contributed by atoms with E-state index in [9.17, 15) is 9.59 Å². The van der Waals surface area contributed by atoms with Gasteiger partial charge in [-0.3, -0.25) is 4.79 Å². The lowest BCUT2D eigenvalue weighted by Crippen LogP contribution is -2.17. The van der Waals surface area contributed by atoms with Crippen molar-refractivity contribution in [2.45, 2.75) is 33.8 Å². The highest BCUT2D eigenvalue weighted by Crippen LogP contribution is 2.34. The van der Waals surface area contributed by atoms with E-state index in [2.05, 4.69) is 5.32 Å². The van der Waals surface area contributed by atoms with Crippen LogP contribution in [0.2, 0.25) is 10.0 Å². The third-order valence-electron chi connectivity index (χ3n) is 3.33. The average Bonchev–Trinajstić information content (AvgIpc) is 2.72. The van der Waals surface area contributed by atoms with Gasteiger partial charge < -0.3 is 10.1 Å². The van der Waals surface area contributed by atoms with Gasteiger partial charge in [0.25, 0.3) is 5.91 Å². The third kappa shape index (κ3) is 4.09. The van der Waals surface area contributed by atoms with E-state index >= 15 is 0 Å². The van der Waals surface area contributed by atoms with Gasteiger partial charge in [0.1, 0.15) is 5.00 Å². The van der Waals surface area contributed by atoms with Gasteiger partial charge in [-0.05, 0) is 51.5 Å². The normalized spacial score (nSPS) is 10.8. The Morgan fingerprint density at radius 3 is 2.46 bits per heavy atom. The number of halogens is 2. The van der Waals surface area contributed by atoms with Crippen molar-refractivity contribution in [1.82, 2.24) is 0 Å². The molecule has 0 aliphatic carbocycles. The van der Waals surface area contributed by atoms with E-state index in [0.29, 0.717) is 15.6 Å². The fraction of sp³-hybridized carbons (Fsp3) is 0.294. The first-order valence-corrected chi connectivity index (χ1v) is 8.85. The molecule has 0 spiro atoms. The first-order chi connectivity index (χ1) is 11.2. The molecule has 2 aromatic rings. The molecular formula is C17H17Cl2NO3S. The van der Waals surface area contributed by atoms with E-state index in [4.69, 9.17) is 27.9 Å². The molecule has 0 saturated heterocycles. The second kappa shape index (κ2) is 7.55. The molecule has 0 fully saturated rings. The van der Waals surface area contributed by atoms with Crippen molar-refractivity contribution in [3.63, 3.8) is 0 Å². The SMILES string of the molecule is Cc1sc(NC(=O)c2ccc(Cl)cc2Cl)c(C(=O)OC(C)C)c1C. The number of benzene rings is 1. The second-order valence-corrected chi connectivity index (χ2v) is 7.59. The van der Waals surface area contributed by atoms with Crippen LogP contribution in [0.4, 0.5) is 5.00 Å². The zero-order chi connectivity index (χ0) is 18.0. The third-order valence-corrected chi connectivity index (χ3v) is 5.01. The molecule has 0 unspecified atom stereocenters. The van der Waals surface area contributed by atoms with Crippen LogP contribution in [0.3, 0.4) is 0 Å². The molecule has 0 aliphatic heterocycles. The first-order valence-electron chi connectivity index (χ1n) is 7.28. The summed E-state index contributed by atoms with van der Waals surface area (Å²) in [5, 5.41) is 3.90. The first kappa shape index (κ1) is 18.8. The number of rotatable bonds is 4. The summed E-state index contributed by atoms with van der Waals surface area (Å²) < 4.78 is 5.27. The molecule has 0 radical (unpaired) electrons. The van der Waals surface area contributed by atoms with Gasteiger partial charge >= 0.3 is 5.97 Å². The summed E-state index contributed by atoms with van der Waals surface area (Å²) in [5.41, 5.74) is 1.46. The van der Waals surface area contributed by atoms with E-state index in [-0.39, 0.29) is 16.7 Å². The molecule has 0 aliphatic rings. The van der Waals surface area contributed by atoms with E-state index in [1.54, 1.807) is 26.0 Å². The molecule has 1 amide bonds. The maximum Gasteiger partial charge on any atom is 0.341 e. The molecular weight excluding hydrogens is 369 g/mol. The Balaban J connectivity index is 2.34. The summed E-state index contributed by atoms with van der Waals surface area (Å²) in [7, 11) is 0. The van der Waals surface area contributed by atoms with Gasteiger partial charge in [0.2, 0.25) is 0 Å². The Morgan fingerprint density at radius 1 is 1.21 bits per heavy atom. The number of carbonyl (C=O) groups is 2. The minimum Gasteiger partial charge on any atom is -0.459 e. The van der Waals surface area contributed by atoms with Crippen LogP contribution in [0, 0.1) is 13.8 Å². The maximum absolute atomic E-state index is 12.5. The second-order valence-electron chi connectivity index (χ2n) is 5.52. The molecule has 2 rings (SSSR count). The van der Waals surface area contributed by atoms with Gasteiger partial charge in [0.05, 0.1) is 22.3 Å². The highest BCUT2D eigenvalue weighted by Gasteiger charge is 2.24. The average molecular weight is 386 g/mol. The van der Waals surface area contributed by atoms with Crippen molar-refractivity contribution >= 4 is 51.4 Å². The van der Waals surface area contributed by atoms with Crippen LogP contribution in [0.15, 0.2) is 18.2 Å². The van der Waals surface area contributed by atoms with Crippen molar-refractivity contribution in [1.29, 1.82) is 0 Å². The van der Waals surface area contributed by atoms with Crippen molar-refractivity contribution in [3.8, 4) is 0 Å². The summed E-state index contributed by atoms with van der Waals surface area (Å²) in [6, 6.07) is 4.62. The molecule has 0 bridgehead atoms. The van der Waals surface area contributed by atoms with Crippen LogP contribution in [-0.2, 0) is 4.74 Å². The largest absolute Gasteiger partial charge is 0.459 e. The van der Waals surface area contributed by atoms with Crippen LogP contribution in [-0.4, -0.2) is 18.0 Å². The van der Waals surface area contributed by atoms with Gasteiger partial charge in [-0.2, -0.15) is 0 Å². The van der Waals surface area contributed by atoms with Gasteiger partial charge in [0, 0.05) is 9.90 Å². The van der Waals surface area contributed by atoms with Crippen LogP contribution in [0.1, 0.15) is 45.0 Å². The molecule has 1 aromatic heterocycles. The van der Waals surface area contributed by atoms with E-state index in [1.165, 1.54) is 17.4 Å². The summed E-state index contributed by atoms with van der Waals surface area (Å²) in [4.78, 5) is 25.7. The van der Waals surface area contributed by atoms with Crippen molar-refractivity contribution in [2.75, 3.05) is 5.32 Å². The molecule has 0 atom stereocenters. The Hall–Kier alpha value is -1.56. The van der Waals surface area contributed by atoms with Gasteiger partial charge in [-0.1, -0.05) is 23.2 Å². The Bertz CT molecular complexity index is 799. The summed E-state index contributed by atoms with van der Waals surface area (Å²) >= 11 is 13.2. The van der Waals surface area contributed by atoms with E-state index in [1.807, 2.05) is 13.8 Å². The molecule has 24 heavy (non-hydrogen) atoms. The van der Waals surface area contributed by atoms with Crippen molar-refractivity contribution < 1.29 is 14.3 Å². The number of nitrogens with one attached hydrogen (secondary N) is 1. The highest BCUT2D eigenvalue weighted by molar-refractivity contribution is 7.16. The summed E-state index contributed by atoms with van der Waals surface area (Å²) in [5.74, 6) is -0.860. The molecule has 7 heteroatoms. The number of anilines is 1. The van der Waals surface area contributed by atoms with E-state index < -0.39 is 11.9 Å². The number of carbonyl (C=O) groups excluding carboxylic acids is 2. The molecule has 1 aromatic carbocycles. The number of amides is 1. The number of aryl methyl sites for hydroxylation is 1. The van der Waals surface area contributed by atoms with Crippen molar-refractivity contribution in [2.24, 2.45) is 0 Å². The standard InChI is InChI=1S/C17H17Cl2NO3S/c1-8(2)23-17(22)14-9(3)10(4)24-16(14)20-15(21)12-6-5-11(18)7-13(12)19/h5-8H,1-4H3,(H,20,21). The van der Waals surface area contributed by atoms with Gasteiger partial charge in [-0.15, -0.1) is 11.3 Å². The van der Waals surface area contributed by atoms with Crippen LogP contribution < -0.4 is 5.32 Å². The van der Waals surface area contributed by atoms with Crippen LogP contribution in [0.25, 0.3) is 0 Å². The van der Waals surface area contributed by atoms with Gasteiger partial charge in [0.15, 0.2) is 0 Å². The summed E-state index contributed by atoms with van der Waals surface area (Å²) in [6.45, 7) is 7.27. The zero-order valence-corrected chi connectivity index (χ0v) is 16.0. The van der Waals surface area contributed by atoms with Gasteiger partial charge in [-0.25, -0.2) is 4.79 Å². The lowest BCUT2D eigenvalue weighted by Gasteiger charge is -2.11. The molecule has 1 N–H and O–H groups in total. The highest BCUT2D eigenvalue weighted by atomic mass is 35.5. The fourth-order valence-electron chi connectivity index (χ4n) is 2.08. The lowest BCUT2D eigenvalue weighted by molar-refractivity contribution is 0.0379. The van der Waals surface area contributed by atoms with Crippen LogP contribution in [0.5, 0.6) is 0 Å². The Morgan fingerprint density at radius 2 is 1.88 bits per heavy atom. The number of esters is 1. The van der Waals surface area contributed by atoms with Crippen molar-refractivity contribution in [3.05, 3.63) is 49.8 Å². The lowest BCUT2D eigenvalue weighted by atomic mass is 10.1. The Kier molecular flexibility index (Phi) is 5.91. The topological polar surface area (TPSA) is 55.4 Å². The quantitative estimate of drug-likeness (QED) is 0.707. The monoisotopic (exact) mass is 385 g/mol. The number of hydrogen-bond donors (Lipinski definition) is 1. The number of hydrogen-bond acceptors (Lipinski definition) is 4. The minimum absolute atomic E-state index is 0.244. The minimum atomic E-state index is -0.454. The zero-order valence-electron chi connectivity index (χ0n) is 13.7. The van der Waals surface area contributed by atoms with E-state index in [0.717, 1.165) is 10.4 Å². The Labute approximate surface area is 154 Å². The molecule has 128 valence electrons. The van der Waals surface area contributed by atoms with Crippen LogP contribution >= 0.6 is 34.5 Å². The molecule has 0 saturated carbocycles. The number of ether oxygens (including phenoxy) is 1. The smallest absolute Gasteiger partial charge is 0.341 e.